The third kappa shape index (κ3) is 3.41. The quantitative estimate of drug-likeness (QED) is 0.607. The highest BCUT2D eigenvalue weighted by molar-refractivity contribution is 7.16. The van der Waals surface area contributed by atoms with Gasteiger partial charge in [0.2, 0.25) is 5.88 Å². The first-order valence-electron chi connectivity index (χ1n) is 8.59. The van der Waals surface area contributed by atoms with Gasteiger partial charge < -0.3 is 10.4 Å². The smallest absolute Gasteiger partial charge is 0.231 e. The first-order chi connectivity index (χ1) is 13.0. The molecule has 4 rings (SSSR count). The van der Waals surface area contributed by atoms with Gasteiger partial charge in [0.1, 0.15) is 0 Å². The molecule has 0 saturated carbocycles. The molecule has 1 aliphatic rings. The van der Waals surface area contributed by atoms with Crippen molar-refractivity contribution in [1.82, 2.24) is 4.98 Å². The highest BCUT2D eigenvalue weighted by Gasteiger charge is 2.19. The van der Waals surface area contributed by atoms with Crippen LogP contribution in [0.2, 0.25) is 0 Å². The third-order valence-electron chi connectivity index (χ3n) is 4.48. The zero-order valence-corrected chi connectivity index (χ0v) is 15.8. The summed E-state index contributed by atoms with van der Waals surface area (Å²) in [7, 11) is 0. The maximum atomic E-state index is 12.4. The lowest BCUT2D eigenvalue weighted by atomic mass is 9.91. The highest BCUT2D eigenvalue weighted by Crippen LogP contribution is 2.36. The molecule has 0 bridgehead atoms. The number of hydrogen-bond acceptors (Lipinski definition) is 5. The normalized spacial score (nSPS) is 14.4. The van der Waals surface area contributed by atoms with Crippen molar-refractivity contribution >= 4 is 45.7 Å². The van der Waals surface area contributed by atoms with E-state index in [9.17, 15) is 9.90 Å². The number of ketones is 1. The van der Waals surface area contributed by atoms with E-state index >= 15 is 0 Å². The van der Waals surface area contributed by atoms with Crippen molar-refractivity contribution in [3.8, 4) is 5.88 Å². The molecule has 27 heavy (non-hydrogen) atoms. The van der Waals surface area contributed by atoms with Crippen molar-refractivity contribution in [1.29, 1.82) is 0 Å². The van der Waals surface area contributed by atoms with Crippen LogP contribution in [0.25, 0.3) is 17.7 Å². The number of aryl methyl sites for hydroxylation is 2. The molecular formula is C22H18N2O2S. The van der Waals surface area contributed by atoms with Crippen LogP contribution in [0.5, 0.6) is 5.88 Å². The van der Waals surface area contributed by atoms with E-state index in [1.54, 1.807) is 12.2 Å². The molecule has 0 fully saturated rings. The van der Waals surface area contributed by atoms with E-state index in [2.05, 4.69) is 16.4 Å². The second-order valence-electron chi connectivity index (χ2n) is 6.49. The number of nitrogens with zero attached hydrogens (tertiary/aromatic N) is 1. The summed E-state index contributed by atoms with van der Waals surface area (Å²) in [6.45, 7) is 4.04. The second-order valence-corrected chi connectivity index (χ2v) is 7.52. The summed E-state index contributed by atoms with van der Waals surface area (Å²) in [5.74, 6) is -0.161. The molecule has 1 aliphatic carbocycles. The van der Waals surface area contributed by atoms with Crippen molar-refractivity contribution in [2.75, 3.05) is 5.32 Å². The van der Waals surface area contributed by atoms with Gasteiger partial charge in [-0.25, -0.2) is 0 Å². The first kappa shape index (κ1) is 17.2. The summed E-state index contributed by atoms with van der Waals surface area (Å²) >= 11 is 1.31. The molecule has 0 unspecified atom stereocenters. The van der Waals surface area contributed by atoms with Crippen LogP contribution in [0, 0.1) is 13.8 Å². The Hall–Kier alpha value is -3.18. The number of thiazole rings is 1. The summed E-state index contributed by atoms with van der Waals surface area (Å²) in [4.78, 5) is 17.1. The van der Waals surface area contributed by atoms with E-state index in [1.807, 2.05) is 56.3 Å². The van der Waals surface area contributed by atoms with E-state index in [0.717, 1.165) is 27.9 Å². The predicted molar refractivity (Wildman–Crippen MR) is 111 cm³/mol. The Bertz CT molecular complexity index is 1110. The Morgan fingerprint density at radius 3 is 2.78 bits per heavy atom. The molecule has 2 N–H and O–H groups in total. The number of hydrogen-bond donors (Lipinski definition) is 2. The van der Waals surface area contributed by atoms with Gasteiger partial charge in [-0.15, -0.1) is 0 Å². The van der Waals surface area contributed by atoms with E-state index < -0.39 is 0 Å². The van der Waals surface area contributed by atoms with Crippen molar-refractivity contribution < 1.29 is 9.90 Å². The van der Waals surface area contributed by atoms with Crippen LogP contribution in [0.3, 0.4) is 0 Å². The van der Waals surface area contributed by atoms with E-state index in [-0.39, 0.29) is 11.7 Å². The average molecular weight is 374 g/mol. The molecule has 3 aromatic rings. The van der Waals surface area contributed by atoms with Gasteiger partial charge in [0.05, 0.1) is 4.88 Å². The van der Waals surface area contributed by atoms with Gasteiger partial charge in [0.15, 0.2) is 10.9 Å². The van der Waals surface area contributed by atoms with Crippen molar-refractivity contribution in [3.05, 3.63) is 75.7 Å². The molecule has 0 amide bonds. The van der Waals surface area contributed by atoms with Gasteiger partial charge in [0.25, 0.3) is 0 Å². The number of carbonyl (C=O) groups excluding carboxylic acids is 1. The van der Waals surface area contributed by atoms with E-state index in [4.69, 9.17) is 0 Å². The molecule has 0 saturated heterocycles. The van der Waals surface area contributed by atoms with Crippen molar-refractivity contribution in [2.45, 2.75) is 13.8 Å². The van der Waals surface area contributed by atoms with E-state index in [0.29, 0.717) is 15.6 Å². The Labute approximate surface area is 161 Å². The largest absolute Gasteiger partial charge is 0.492 e. The molecule has 134 valence electrons. The number of anilines is 2. The third-order valence-corrected chi connectivity index (χ3v) is 5.38. The standard InChI is InChI=1S/C22H18N2O2S/c1-13-7-8-14(2)18(11-13)23-22-24-21(26)20(27-22)12-17-16-6-4-3-5-15(16)9-10-19(17)25/h3-12,26H,1-2H3,(H,23,24). The van der Waals surface area contributed by atoms with Gasteiger partial charge in [0, 0.05) is 11.3 Å². The lowest BCUT2D eigenvalue weighted by Gasteiger charge is -2.12. The monoisotopic (exact) mass is 374 g/mol. The van der Waals surface area contributed by atoms with Crippen molar-refractivity contribution in [2.24, 2.45) is 0 Å². The topological polar surface area (TPSA) is 62.2 Å². The van der Waals surface area contributed by atoms with Crippen LogP contribution >= 0.6 is 11.3 Å². The van der Waals surface area contributed by atoms with Crippen LogP contribution < -0.4 is 5.32 Å². The Morgan fingerprint density at radius 1 is 1.11 bits per heavy atom. The fourth-order valence-corrected chi connectivity index (χ4v) is 3.83. The number of benzene rings is 2. The average Bonchev–Trinajstić information content (AvgIpc) is 3.00. The summed E-state index contributed by atoms with van der Waals surface area (Å²) in [5.41, 5.74) is 5.59. The number of rotatable bonds is 3. The number of fused-ring (bicyclic) bond motifs is 1. The summed E-state index contributed by atoms with van der Waals surface area (Å²) in [6.07, 6.45) is 5.09. The van der Waals surface area contributed by atoms with E-state index in [1.165, 1.54) is 11.3 Å². The predicted octanol–water partition coefficient (Wildman–Crippen LogP) is 5.35. The minimum absolute atomic E-state index is 0.0782. The Kier molecular flexibility index (Phi) is 4.38. The van der Waals surface area contributed by atoms with Crippen LogP contribution in [-0.2, 0) is 4.79 Å². The molecule has 1 heterocycles. The molecule has 0 spiro atoms. The fraction of sp³-hybridized carbons (Fsp3) is 0.0909. The van der Waals surface area contributed by atoms with Gasteiger partial charge in [-0.2, -0.15) is 4.98 Å². The number of allylic oxidation sites excluding steroid dienone is 2. The van der Waals surface area contributed by atoms with Crippen LogP contribution in [0.1, 0.15) is 27.1 Å². The van der Waals surface area contributed by atoms with Crippen molar-refractivity contribution in [3.63, 3.8) is 0 Å². The maximum absolute atomic E-state index is 12.4. The van der Waals surface area contributed by atoms with Crippen LogP contribution in [0.15, 0.2) is 48.5 Å². The number of aromatic nitrogens is 1. The summed E-state index contributed by atoms with van der Waals surface area (Å²) < 4.78 is 0. The molecular weight excluding hydrogens is 356 g/mol. The number of carbonyl (C=O) groups is 1. The second kappa shape index (κ2) is 6.85. The SMILES string of the molecule is Cc1ccc(C)c(Nc2nc(O)c(C=C3C(=O)C=Cc4ccccc43)s2)c1. The number of aromatic hydroxyl groups is 1. The zero-order valence-electron chi connectivity index (χ0n) is 15.0. The molecule has 5 heteroatoms. The molecule has 0 atom stereocenters. The van der Waals surface area contributed by atoms with Gasteiger partial charge in [-0.3, -0.25) is 4.79 Å². The minimum Gasteiger partial charge on any atom is -0.492 e. The molecule has 1 aromatic heterocycles. The molecule has 4 nitrogen and oxygen atoms in total. The molecule has 2 aromatic carbocycles. The summed E-state index contributed by atoms with van der Waals surface area (Å²) in [5, 5.41) is 14.1. The maximum Gasteiger partial charge on any atom is 0.231 e. The van der Waals surface area contributed by atoms with Gasteiger partial charge >= 0.3 is 0 Å². The van der Waals surface area contributed by atoms with Crippen LogP contribution in [-0.4, -0.2) is 15.9 Å². The van der Waals surface area contributed by atoms with Gasteiger partial charge in [-0.1, -0.05) is 53.8 Å². The molecule has 0 radical (unpaired) electrons. The molecule has 0 aliphatic heterocycles. The highest BCUT2D eigenvalue weighted by atomic mass is 32.1. The Balaban J connectivity index is 1.70. The first-order valence-corrected chi connectivity index (χ1v) is 9.40. The number of nitrogens with one attached hydrogen (secondary N) is 1. The lowest BCUT2D eigenvalue weighted by Crippen LogP contribution is -2.04. The zero-order chi connectivity index (χ0) is 19.0. The van der Waals surface area contributed by atoms with Crippen LogP contribution in [0.4, 0.5) is 10.8 Å². The summed E-state index contributed by atoms with van der Waals surface area (Å²) in [6, 6.07) is 13.8. The Morgan fingerprint density at radius 2 is 1.93 bits per heavy atom. The fourth-order valence-electron chi connectivity index (χ4n) is 3.01. The van der Waals surface area contributed by atoms with Gasteiger partial charge in [-0.05, 0) is 54.3 Å². The minimum atomic E-state index is -0.0832. The lowest BCUT2D eigenvalue weighted by molar-refractivity contribution is -0.109.